The summed E-state index contributed by atoms with van der Waals surface area (Å²) >= 11 is 9.35. The van der Waals surface area contributed by atoms with E-state index in [1.54, 1.807) is 24.3 Å². The number of para-hydroxylation sites is 1. The van der Waals surface area contributed by atoms with Crippen LogP contribution in [0.25, 0.3) is 0 Å². The van der Waals surface area contributed by atoms with Crippen molar-refractivity contribution in [2.24, 2.45) is 0 Å². The fraction of sp³-hybridized carbons (Fsp3) is 0.133. The van der Waals surface area contributed by atoms with E-state index in [0.29, 0.717) is 28.5 Å². The molecular weight excluding hydrogens is 328 g/mol. The molecule has 0 atom stereocenters. The highest BCUT2D eigenvalue weighted by molar-refractivity contribution is 9.10. The van der Waals surface area contributed by atoms with Crippen molar-refractivity contribution in [1.29, 1.82) is 0 Å². The number of hydrogen-bond donors (Lipinski definition) is 0. The summed E-state index contributed by atoms with van der Waals surface area (Å²) in [4.78, 5) is 12.6. The van der Waals surface area contributed by atoms with Crippen molar-refractivity contribution in [3.8, 4) is 5.75 Å². The summed E-state index contributed by atoms with van der Waals surface area (Å²) in [5.41, 5.74) is 2.23. The van der Waals surface area contributed by atoms with Crippen molar-refractivity contribution in [2.75, 3.05) is 6.61 Å². The van der Waals surface area contributed by atoms with Crippen LogP contribution in [0.3, 0.4) is 0 Å². The average molecular weight is 338 g/mol. The minimum absolute atomic E-state index is 0.0758. The van der Waals surface area contributed by atoms with Crippen LogP contribution in [0.5, 0.6) is 5.75 Å². The lowest BCUT2D eigenvalue weighted by molar-refractivity contribution is 0.103. The molecule has 1 aliphatic heterocycles. The molecule has 1 heterocycles. The average Bonchev–Trinajstić information content (AvgIpc) is 2.89. The minimum Gasteiger partial charge on any atom is -0.492 e. The molecule has 0 bridgehead atoms. The van der Waals surface area contributed by atoms with Crippen LogP contribution >= 0.6 is 27.5 Å². The lowest BCUT2D eigenvalue weighted by atomic mass is 10.00. The summed E-state index contributed by atoms with van der Waals surface area (Å²) in [6, 6.07) is 10.9. The van der Waals surface area contributed by atoms with Gasteiger partial charge in [0.15, 0.2) is 5.78 Å². The van der Waals surface area contributed by atoms with Crippen LogP contribution in [0, 0.1) is 0 Å². The SMILES string of the molecule is O=C(c1cc(Cl)ccc1Br)c1cccc2c1OCC2. The van der Waals surface area contributed by atoms with Gasteiger partial charge in [-0.1, -0.05) is 39.7 Å². The van der Waals surface area contributed by atoms with Crippen LogP contribution in [0.15, 0.2) is 40.9 Å². The molecule has 0 spiro atoms. The predicted octanol–water partition coefficient (Wildman–Crippen LogP) is 4.27. The smallest absolute Gasteiger partial charge is 0.197 e. The first-order chi connectivity index (χ1) is 9.16. The number of ether oxygens (including phenoxy) is 1. The van der Waals surface area contributed by atoms with E-state index in [4.69, 9.17) is 16.3 Å². The first kappa shape index (κ1) is 12.7. The summed E-state index contributed by atoms with van der Waals surface area (Å²) < 4.78 is 6.31. The van der Waals surface area contributed by atoms with E-state index in [9.17, 15) is 4.79 Å². The quantitative estimate of drug-likeness (QED) is 0.765. The molecule has 0 aliphatic carbocycles. The fourth-order valence-corrected chi connectivity index (χ4v) is 2.81. The monoisotopic (exact) mass is 336 g/mol. The number of ketones is 1. The maximum Gasteiger partial charge on any atom is 0.197 e. The Morgan fingerprint density at radius 1 is 1.21 bits per heavy atom. The van der Waals surface area contributed by atoms with Gasteiger partial charge in [-0.2, -0.15) is 0 Å². The Hall–Kier alpha value is -1.32. The second kappa shape index (κ2) is 4.99. The number of fused-ring (bicyclic) bond motifs is 1. The number of halogens is 2. The standard InChI is InChI=1S/C15H10BrClO2/c16-13-5-4-10(17)8-12(13)14(18)11-3-1-2-9-6-7-19-15(9)11/h1-5,8H,6-7H2. The molecule has 0 aromatic heterocycles. The van der Waals surface area contributed by atoms with Gasteiger partial charge < -0.3 is 4.74 Å². The zero-order valence-corrected chi connectivity index (χ0v) is 12.3. The van der Waals surface area contributed by atoms with E-state index in [1.165, 1.54) is 0 Å². The molecule has 0 saturated carbocycles. The molecule has 96 valence electrons. The van der Waals surface area contributed by atoms with E-state index in [0.717, 1.165) is 16.5 Å². The zero-order chi connectivity index (χ0) is 13.4. The lowest BCUT2D eigenvalue weighted by Crippen LogP contribution is -2.04. The number of rotatable bonds is 2. The maximum absolute atomic E-state index is 12.6. The second-order valence-corrected chi connectivity index (χ2v) is 5.64. The fourth-order valence-electron chi connectivity index (χ4n) is 2.21. The maximum atomic E-state index is 12.6. The van der Waals surface area contributed by atoms with E-state index in [1.807, 2.05) is 12.1 Å². The topological polar surface area (TPSA) is 26.3 Å². The summed E-state index contributed by atoms with van der Waals surface area (Å²) in [6.07, 6.45) is 0.854. The van der Waals surface area contributed by atoms with Gasteiger partial charge in [0.1, 0.15) is 5.75 Å². The van der Waals surface area contributed by atoms with Crippen molar-refractivity contribution in [3.05, 3.63) is 62.6 Å². The first-order valence-electron chi connectivity index (χ1n) is 5.91. The summed E-state index contributed by atoms with van der Waals surface area (Å²) in [5.74, 6) is 0.632. The van der Waals surface area contributed by atoms with Crippen LogP contribution in [-0.2, 0) is 6.42 Å². The van der Waals surface area contributed by atoms with Crippen LogP contribution in [-0.4, -0.2) is 12.4 Å². The van der Waals surface area contributed by atoms with Crippen molar-refractivity contribution in [2.45, 2.75) is 6.42 Å². The molecule has 2 aromatic carbocycles. The molecule has 0 radical (unpaired) electrons. The molecule has 0 saturated heterocycles. The van der Waals surface area contributed by atoms with Crippen molar-refractivity contribution in [3.63, 3.8) is 0 Å². The molecule has 3 rings (SSSR count). The Kier molecular flexibility index (Phi) is 3.33. The Morgan fingerprint density at radius 3 is 2.89 bits per heavy atom. The third-order valence-electron chi connectivity index (χ3n) is 3.13. The van der Waals surface area contributed by atoms with Gasteiger partial charge in [0.25, 0.3) is 0 Å². The first-order valence-corrected chi connectivity index (χ1v) is 7.08. The molecule has 1 aliphatic rings. The third kappa shape index (κ3) is 2.28. The molecule has 0 amide bonds. The number of carbonyl (C=O) groups is 1. The second-order valence-electron chi connectivity index (χ2n) is 4.35. The summed E-state index contributed by atoms with van der Waals surface area (Å²) in [7, 11) is 0. The molecule has 0 fully saturated rings. The number of carbonyl (C=O) groups excluding carboxylic acids is 1. The molecule has 19 heavy (non-hydrogen) atoms. The van der Waals surface area contributed by atoms with E-state index < -0.39 is 0 Å². The minimum atomic E-state index is -0.0758. The van der Waals surface area contributed by atoms with Gasteiger partial charge in [0, 0.05) is 21.5 Å². The van der Waals surface area contributed by atoms with Crippen LogP contribution in [0.1, 0.15) is 21.5 Å². The number of hydrogen-bond acceptors (Lipinski definition) is 2. The molecule has 2 nitrogen and oxygen atoms in total. The highest BCUT2D eigenvalue weighted by Gasteiger charge is 2.22. The van der Waals surface area contributed by atoms with E-state index >= 15 is 0 Å². The van der Waals surface area contributed by atoms with Crippen LogP contribution in [0.2, 0.25) is 5.02 Å². The molecular formula is C15H10BrClO2. The highest BCUT2D eigenvalue weighted by Crippen LogP contribution is 2.33. The lowest BCUT2D eigenvalue weighted by Gasteiger charge is -2.08. The van der Waals surface area contributed by atoms with Crippen molar-refractivity contribution >= 4 is 33.3 Å². The summed E-state index contributed by atoms with van der Waals surface area (Å²) in [6.45, 7) is 0.635. The Labute approximate surface area is 124 Å². The molecule has 4 heteroatoms. The van der Waals surface area contributed by atoms with E-state index in [2.05, 4.69) is 15.9 Å². The van der Waals surface area contributed by atoms with Gasteiger partial charge in [0.2, 0.25) is 0 Å². The third-order valence-corrected chi connectivity index (χ3v) is 4.06. The van der Waals surface area contributed by atoms with Gasteiger partial charge in [-0.05, 0) is 29.8 Å². The van der Waals surface area contributed by atoms with Crippen molar-refractivity contribution in [1.82, 2.24) is 0 Å². The molecule has 0 N–H and O–H groups in total. The number of benzene rings is 2. The van der Waals surface area contributed by atoms with Gasteiger partial charge >= 0.3 is 0 Å². The van der Waals surface area contributed by atoms with Gasteiger partial charge in [0.05, 0.1) is 12.2 Å². The van der Waals surface area contributed by atoms with E-state index in [-0.39, 0.29) is 5.78 Å². The molecule has 0 unspecified atom stereocenters. The van der Waals surface area contributed by atoms with Gasteiger partial charge in [-0.15, -0.1) is 0 Å². The van der Waals surface area contributed by atoms with Crippen LogP contribution in [0.4, 0.5) is 0 Å². The molecule has 2 aromatic rings. The van der Waals surface area contributed by atoms with Gasteiger partial charge in [-0.3, -0.25) is 4.79 Å². The zero-order valence-electron chi connectivity index (χ0n) is 9.95. The highest BCUT2D eigenvalue weighted by atomic mass is 79.9. The Morgan fingerprint density at radius 2 is 2.05 bits per heavy atom. The van der Waals surface area contributed by atoms with Gasteiger partial charge in [-0.25, -0.2) is 0 Å². The largest absolute Gasteiger partial charge is 0.492 e. The Balaban J connectivity index is 2.10. The predicted molar refractivity (Wildman–Crippen MR) is 78.2 cm³/mol. The van der Waals surface area contributed by atoms with Crippen molar-refractivity contribution < 1.29 is 9.53 Å². The Bertz CT molecular complexity index is 667. The normalized spacial score (nSPS) is 12.9. The summed E-state index contributed by atoms with van der Waals surface area (Å²) in [5, 5.41) is 0.542. The van der Waals surface area contributed by atoms with Crippen LogP contribution < -0.4 is 4.74 Å².